The maximum Gasteiger partial charge on any atom is 0.311 e. The fraction of sp³-hybridized carbons (Fsp3) is 0.452. The van der Waals surface area contributed by atoms with Crippen LogP contribution in [-0.4, -0.2) is 15.9 Å². The molecule has 3 aromatic rings. The summed E-state index contributed by atoms with van der Waals surface area (Å²) in [5, 5.41) is 0. The number of hydrogen-bond donors (Lipinski definition) is 0. The van der Waals surface area contributed by atoms with Gasteiger partial charge in [-0.1, -0.05) is 95.7 Å². The molecule has 186 valence electrons. The molecular weight excluding hydrogens is 432 g/mol. The van der Waals surface area contributed by atoms with Gasteiger partial charge in [0.25, 0.3) is 0 Å². The molecule has 0 aliphatic rings. The molecule has 1 atom stereocenters. The average molecular weight is 473 g/mol. The first-order valence-corrected chi connectivity index (χ1v) is 13.3. The summed E-state index contributed by atoms with van der Waals surface area (Å²) in [5.74, 6) is 1.95. The van der Waals surface area contributed by atoms with Crippen molar-refractivity contribution in [2.45, 2.75) is 85.0 Å². The van der Waals surface area contributed by atoms with Crippen LogP contribution in [-0.2, 0) is 11.2 Å². The van der Waals surface area contributed by atoms with Crippen LogP contribution in [0.15, 0.2) is 60.9 Å². The highest BCUT2D eigenvalue weighted by molar-refractivity contribution is 5.73. The molecule has 2 aromatic carbocycles. The Morgan fingerprint density at radius 3 is 2.11 bits per heavy atom. The Morgan fingerprint density at radius 1 is 0.800 bits per heavy atom. The second-order valence-electron chi connectivity index (χ2n) is 9.56. The Balaban J connectivity index is 1.45. The molecule has 1 heterocycles. The third-order valence-electron chi connectivity index (χ3n) is 6.63. The van der Waals surface area contributed by atoms with Gasteiger partial charge in [-0.05, 0) is 48.4 Å². The summed E-state index contributed by atoms with van der Waals surface area (Å²) in [6.07, 6.45) is 14.6. The normalized spacial score (nSPS) is 11.9. The predicted octanol–water partition coefficient (Wildman–Crippen LogP) is 8.45. The van der Waals surface area contributed by atoms with E-state index in [1.165, 1.54) is 44.1 Å². The van der Waals surface area contributed by atoms with Crippen LogP contribution in [0, 0.1) is 5.92 Å². The number of rotatable bonds is 14. The number of aryl methyl sites for hydroxylation is 1. The zero-order chi connectivity index (χ0) is 24.9. The number of benzene rings is 2. The summed E-state index contributed by atoms with van der Waals surface area (Å²) in [5.41, 5.74) is 4.30. The lowest BCUT2D eigenvalue weighted by Crippen LogP contribution is -2.07. The van der Waals surface area contributed by atoms with E-state index in [0.717, 1.165) is 47.7 Å². The lowest BCUT2D eigenvalue weighted by Gasteiger charge is -2.08. The minimum Gasteiger partial charge on any atom is -0.427 e. The topological polar surface area (TPSA) is 52.1 Å². The highest BCUT2D eigenvalue weighted by Gasteiger charge is 2.07. The van der Waals surface area contributed by atoms with Gasteiger partial charge in [0.2, 0.25) is 0 Å². The Labute approximate surface area is 211 Å². The Bertz CT molecular complexity index is 1010. The van der Waals surface area contributed by atoms with Gasteiger partial charge in [-0.3, -0.25) is 4.79 Å². The quantitative estimate of drug-likeness (QED) is 0.134. The molecule has 1 aromatic heterocycles. The monoisotopic (exact) mass is 472 g/mol. The second-order valence-corrected chi connectivity index (χ2v) is 9.56. The fourth-order valence-electron chi connectivity index (χ4n) is 4.05. The first-order valence-electron chi connectivity index (χ1n) is 13.3. The van der Waals surface area contributed by atoms with E-state index in [4.69, 9.17) is 4.74 Å². The maximum atomic E-state index is 12.2. The maximum absolute atomic E-state index is 12.2. The smallest absolute Gasteiger partial charge is 0.311 e. The SMILES string of the molecule is CCCCc1ccc(-c2ncc(-c3ccc(OC(=O)CCCCCCC(C)CC)cc3)cn2)cc1. The number of nitrogens with zero attached hydrogens (tertiary/aromatic N) is 2. The first kappa shape index (κ1) is 26.6. The minimum atomic E-state index is -0.159. The zero-order valence-corrected chi connectivity index (χ0v) is 21.6. The lowest BCUT2D eigenvalue weighted by molar-refractivity contribution is -0.134. The van der Waals surface area contributed by atoms with Crippen LogP contribution in [0.3, 0.4) is 0 Å². The van der Waals surface area contributed by atoms with Gasteiger partial charge >= 0.3 is 5.97 Å². The number of esters is 1. The third kappa shape index (κ3) is 8.93. The molecule has 0 spiro atoms. The minimum absolute atomic E-state index is 0.159. The van der Waals surface area contributed by atoms with Gasteiger partial charge in [0.05, 0.1) is 0 Å². The number of aromatic nitrogens is 2. The molecule has 0 bridgehead atoms. The van der Waals surface area contributed by atoms with E-state index < -0.39 is 0 Å². The summed E-state index contributed by atoms with van der Waals surface area (Å²) < 4.78 is 5.51. The van der Waals surface area contributed by atoms with E-state index >= 15 is 0 Å². The molecular formula is C31H40N2O2. The van der Waals surface area contributed by atoms with E-state index in [-0.39, 0.29) is 5.97 Å². The van der Waals surface area contributed by atoms with Crippen molar-refractivity contribution in [3.8, 4) is 28.3 Å². The van der Waals surface area contributed by atoms with Crippen molar-refractivity contribution in [2.75, 3.05) is 0 Å². The molecule has 4 heteroatoms. The standard InChI is InChI=1S/C31H40N2O2/c1-4-6-12-25-14-16-27(17-15-25)31-32-22-28(23-33-31)26-18-20-29(21-19-26)35-30(34)13-10-8-7-9-11-24(3)5-2/h14-24H,4-13H2,1-3H3. The van der Waals surface area contributed by atoms with E-state index in [1.807, 2.05) is 36.7 Å². The molecule has 35 heavy (non-hydrogen) atoms. The molecule has 0 fully saturated rings. The number of carbonyl (C=O) groups excluding carboxylic acids is 1. The van der Waals surface area contributed by atoms with E-state index in [2.05, 4.69) is 55.0 Å². The largest absolute Gasteiger partial charge is 0.427 e. The number of hydrogen-bond acceptors (Lipinski definition) is 4. The molecule has 1 unspecified atom stereocenters. The summed E-state index contributed by atoms with van der Waals surface area (Å²) in [7, 11) is 0. The molecule has 0 N–H and O–H groups in total. The van der Waals surface area contributed by atoms with Gasteiger partial charge < -0.3 is 4.74 Å². The summed E-state index contributed by atoms with van der Waals surface area (Å²) in [6.45, 7) is 6.76. The van der Waals surface area contributed by atoms with Crippen LogP contribution < -0.4 is 4.74 Å². The van der Waals surface area contributed by atoms with Crippen molar-refractivity contribution in [3.63, 3.8) is 0 Å². The Morgan fingerprint density at radius 2 is 1.46 bits per heavy atom. The second kappa shape index (κ2) is 14.4. The molecule has 0 aliphatic carbocycles. The Kier molecular flexibility index (Phi) is 10.9. The van der Waals surface area contributed by atoms with Crippen molar-refractivity contribution < 1.29 is 9.53 Å². The van der Waals surface area contributed by atoms with Gasteiger partial charge in [0.15, 0.2) is 5.82 Å². The summed E-state index contributed by atoms with van der Waals surface area (Å²) in [4.78, 5) is 21.3. The van der Waals surface area contributed by atoms with Crippen molar-refractivity contribution in [2.24, 2.45) is 5.92 Å². The van der Waals surface area contributed by atoms with Crippen LogP contribution in [0.4, 0.5) is 0 Å². The average Bonchev–Trinajstić information content (AvgIpc) is 2.90. The van der Waals surface area contributed by atoms with E-state index in [0.29, 0.717) is 12.2 Å². The molecule has 4 nitrogen and oxygen atoms in total. The van der Waals surface area contributed by atoms with E-state index in [1.54, 1.807) is 0 Å². The molecule has 0 aliphatic heterocycles. The Hall–Kier alpha value is -3.01. The van der Waals surface area contributed by atoms with Crippen LogP contribution in [0.1, 0.15) is 84.1 Å². The van der Waals surface area contributed by atoms with Crippen LogP contribution in [0.25, 0.3) is 22.5 Å². The van der Waals surface area contributed by atoms with Crippen LogP contribution >= 0.6 is 0 Å². The van der Waals surface area contributed by atoms with Gasteiger partial charge in [-0.25, -0.2) is 9.97 Å². The van der Waals surface area contributed by atoms with Crippen LogP contribution in [0.5, 0.6) is 5.75 Å². The molecule has 0 amide bonds. The number of carbonyl (C=O) groups is 1. The molecule has 3 rings (SSSR count). The highest BCUT2D eigenvalue weighted by Crippen LogP contribution is 2.24. The van der Waals surface area contributed by atoms with Crippen molar-refractivity contribution in [1.82, 2.24) is 9.97 Å². The van der Waals surface area contributed by atoms with Crippen LogP contribution in [0.2, 0.25) is 0 Å². The predicted molar refractivity (Wildman–Crippen MR) is 144 cm³/mol. The number of ether oxygens (including phenoxy) is 1. The van der Waals surface area contributed by atoms with Crippen molar-refractivity contribution in [1.29, 1.82) is 0 Å². The van der Waals surface area contributed by atoms with E-state index in [9.17, 15) is 4.79 Å². The van der Waals surface area contributed by atoms with Crippen molar-refractivity contribution >= 4 is 5.97 Å². The number of unbranched alkanes of at least 4 members (excludes halogenated alkanes) is 4. The third-order valence-corrected chi connectivity index (χ3v) is 6.63. The summed E-state index contributed by atoms with van der Waals surface area (Å²) >= 11 is 0. The lowest BCUT2D eigenvalue weighted by atomic mass is 10.0. The van der Waals surface area contributed by atoms with Gasteiger partial charge in [0.1, 0.15) is 5.75 Å². The zero-order valence-electron chi connectivity index (χ0n) is 21.6. The molecule has 0 saturated heterocycles. The van der Waals surface area contributed by atoms with Crippen molar-refractivity contribution in [3.05, 3.63) is 66.5 Å². The highest BCUT2D eigenvalue weighted by atomic mass is 16.5. The van der Waals surface area contributed by atoms with Gasteiger partial charge in [-0.2, -0.15) is 0 Å². The molecule has 0 saturated carbocycles. The molecule has 0 radical (unpaired) electrons. The summed E-state index contributed by atoms with van der Waals surface area (Å²) in [6, 6.07) is 16.1. The van der Waals surface area contributed by atoms with Gasteiger partial charge in [0, 0.05) is 29.9 Å². The fourth-order valence-corrected chi connectivity index (χ4v) is 4.05. The van der Waals surface area contributed by atoms with Gasteiger partial charge in [-0.15, -0.1) is 0 Å². The first-order chi connectivity index (χ1) is 17.1.